The molecule has 4 rings (SSSR count). The molecule has 1 aromatic rings. The first kappa shape index (κ1) is 11.0. The molecule has 1 aromatic heterocycles. The quantitative estimate of drug-likeness (QED) is 0.878. The van der Waals surface area contributed by atoms with Crippen molar-refractivity contribution >= 4 is 11.7 Å². The summed E-state index contributed by atoms with van der Waals surface area (Å²) in [6.07, 6.45) is 5.50. The van der Waals surface area contributed by atoms with Crippen LogP contribution in [0.4, 0.5) is 5.82 Å². The highest BCUT2D eigenvalue weighted by atomic mass is 16.2. The van der Waals surface area contributed by atoms with Gasteiger partial charge in [0.05, 0.1) is 5.56 Å². The molecule has 4 heteroatoms. The lowest BCUT2D eigenvalue weighted by Crippen LogP contribution is -2.19. The van der Waals surface area contributed by atoms with Crippen LogP contribution in [-0.4, -0.2) is 10.9 Å². The molecule has 1 amide bonds. The summed E-state index contributed by atoms with van der Waals surface area (Å²) in [4.78, 5) is 16.3. The Hall–Kier alpha value is -1.89. The largest absolute Gasteiger partial charge is 0.310 e. The summed E-state index contributed by atoms with van der Waals surface area (Å²) in [5.41, 5.74) is 0.513. The van der Waals surface area contributed by atoms with Crippen LogP contribution < -0.4 is 5.32 Å². The van der Waals surface area contributed by atoms with Crippen LogP contribution in [0, 0.1) is 40.9 Å². The summed E-state index contributed by atoms with van der Waals surface area (Å²) in [5, 5.41) is 11.6. The maximum Gasteiger partial charge on any atom is 0.229 e. The van der Waals surface area contributed by atoms with Crippen molar-refractivity contribution < 1.29 is 4.79 Å². The van der Waals surface area contributed by atoms with Crippen molar-refractivity contribution in [1.29, 1.82) is 5.26 Å². The van der Waals surface area contributed by atoms with Gasteiger partial charge in [-0.15, -0.1) is 0 Å². The second kappa shape index (κ2) is 3.80. The van der Waals surface area contributed by atoms with Crippen LogP contribution in [0.2, 0.25) is 0 Å². The highest BCUT2D eigenvalue weighted by Gasteiger charge is 2.67. The van der Waals surface area contributed by atoms with Gasteiger partial charge in [0.2, 0.25) is 5.91 Å². The number of rotatable bonds is 2. The van der Waals surface area contributed by atoms with E-state index in [-0.39, 0.29) is 11.8 Å². The van der Waals surface area contributed by atoms with Gasteiger partial charge >= 0.3 is 0 Å². The van der Waals surface area contributed by atoms with E-state index in [9.17, 15) is 4.79 Å². The third kappa shape index (κ3) is 1.58. The Kier molecular flexibility index (Phi) is 2.20. The van der Waals surface area contributed by atoms with E-state index in [1.807, 2.05) is 6.07 Å². The molecule has 3 aliphatic carbocycles. The van der Waals surface area contributed by atoms with Crippen molar-refractivity contribution in [2.24, 2.45) is 29.6 Å². The molecule has 3 saturated carbocycles. The lowest BCUT2D eigenvalue weighted by atomic mass is 10.0. The number of nitrogens with one attached hydrogen (secondary N) is 1. The Balaban J connectivity index is 1.44. The number of hydrogen-bond donors (Lipinski definition) is 1. The van der Waals surface area contributed by atoms with Crippen molar-refractivity contribution in [2.75, 3.05) is 5.32 Å². The van der Waals surface area contributed by atoms with Gasteiger partial charge < -0.3 is 5.32 Å². The fourth-order valence-electron chi connectivity index (χ4n) is 4.42. The smallest absolute Gasteiger partial charge is 0.229 e. The van der Waals surface area contributed by atoms with Crippen molar-refractivity contribution in [2.45, 2.75) is 19.3 Å². The molecule has 4 unspecified atom stereocenters. The number of nitrogens with zero attached hydrogens (tertiary/aromatic N) is 2. The Bertz CT molecular complexity index is 558. The topological polar surface area (TPSA) is 65.8 Å². The third-order valence-electron chi connectivity index (χ3n) is 5.18. The summed E-state index contributed by atoms with van der Waals surface area (Å²) < 4.78 is 0. The van der Waals surface area contributed by atoms with Gasteiger partial charge in [-0.2, -0.15) is 5.26 Å². The molecule has 96 valence electrons. The molecule has 1 N–H and O–H groups in total. The monoisotopic (exact) mass is 253 g/mol. The molecule has 0 aromatic carbocycles. The Morgan fingerprint density at radius 2 is 2.05 bits per heavy atom. The summed E-state index contributed by atoms with van der Waals surface area (Å²) in [5.74, 6) is 3.82. The van der Waals surface area contributed by atoms with Gasteiger partial charge in [0.25, 0.3) is 0 Å². The standard InChI is InChI=1S/C15H15N3O/c16-6-8-1-4-11(17-7-8)18-15(19)14-12-9-2-3-10(5-9)13(12)14/h1,4,7,9-10,12-14H,2-3,5H2,(H,17,18,19). The first-order valence-corrected chi connectivity index (χ1v) is 6.95. The lowest BCUT2D eigenvalue weighted by Gasteiger charge is -2.09. The number of hydrogen-bond acceptors (Lipinski definition) is 3. The third-order valence-corrected chi connectivity index (χ3v) is 5.18. The van der Waals surface area contributed by atoms with Crippen LogP contribution in [0.25, 0.3) is 0 Å². The predicted molar refractivity (Wildman–Crippen MR) is 68.9 cm³/mol. The normalized spacial score (nSPS) is 37.5. The lowest BCUT2D eigenvalue weighted by molar-refractivity contribution is -0.118. The number of pyridine rings is 1. The van der Waals surface area contributed by atoms with Crippen LogP contribution in [0.5, 0.6) is 0 Å². The summed E-state index contributed by atoms with van der Waals surface area (Å²) in [7, 11) is 0. The van der Waals surface area contributed by atoms with E-state index in [4.69, 9.17) is 5.26 Å². The van der Waals surface area contributed by atoms with E-state index in [2.05, 4.69) is 10.3 Å². The van der Waals surface area contributed by atoms with Crippen LogP contribution >= 0.6 is 0 Å². The first-order valence-electron chi connectivity index (χ1n) is 6.95. The van der Waals surface area contributed by atoms with Crippen LogP contribution in [0.15, 0.2) is 18.3 Å². The molecular weight excluding hydrogens is 238 g/mol. The first-order chi connectivity index (χ1) is 9.28. The van der Waals surface area contributed by atoms with Crippen molar-refractivity contribution in [3.05, 3.63) is 23.9 Å². The van der Waals surface area contributed by atoms with Gasteiger partial charge in [-0.05, 0) is 55.1 Å². The Morgan fingerprint density at radius 1 is 1.32 bits per heavy atom. The molecule has 4 nitrogen and oxygen atoms in total. The molecule has 0 spiro atoms. The summed E-state index contributed by atoms with van der Waals surface area (Å²) in [6, 6.07) is 5.40. The average molecular weight is 253 g/mol. The predicted octanol–water partition coefficient (Wildman–Crippen LogP) is 2.18. The Labute approximate surface area is 111 Å². The Morgan fingerprint density at radius 3 is 2.63 bits per heavy atom. The van der Waals surface area contributed by atoms with Gasteiger partial charge in [-0.25, -0.2) is 4.98 Å². The van der Waals surface area contributed by atoms with Crippen molar-refractivity contribution in [3.63, 3.8) is 0 Å². The van der Waals surface area contributed by atoms with E-state index in [0.29, 0.717) is 23.2 Å². The molecule has 3 aliphatic rings. The van der Waals surface area contributed by atoms with Gasteiger partial charge in [-0.3, -0.25) is 4.79 Å². The number of aromatic nitrogens is 1. The van der Waals surface area contributed by atoms with Crippen LogP contribution in [0.3, 0.4) is 0 Å². The van der Waals surface area contributed by atoms with Gasteiger partial charge in [0.1, 0.15) is 11.9 Å². The van der Waals surface area contributed by atoms with E-state index < -0.39 is 0 Å². The molecule has 1 heterocycles. The number of fused-ring (bicyclic) bond motifs is 5. The fourth-order valence-corrected chi connectivity index (χ4v) is 4.42. The van der Waals surface area contributed by atoms with Gasteiger partial charge in [-0.1, -0.05) is 0 Å². The number of carbonyl (C=O) groups excluding carboxylic acids is 1. The zero-order valence-electron chi connectivity index (χ0n) is 10.5. The molecule has 0 saturated heterocycles. The fraction of sp³-hybridized carbons (Fsp3) is 0.533. The number of anilines is 1. The zero-order chi connectivity index (χ0) is 13.0. The van der Waals surface area contributed by atoms with E-state index >= 15 is 0 Å². The van der Waals surface area contributed by atoms with E-state index in [1.54, 1.807) is 12.1 Å². The second-order valence-corrected chi connectivity index (χ2v) is 6.05. The van der Waals surface area contributed by atoms with Crippen molar-refractivity contribution in [3.8, 4) is 6.07 Å². The zero-order valence-corrected chi connectivity index (χ0v) is 10.5. The minimum Gasteiger partial charge on any atom is -0.310 e. The van der Waals surface area contributed by atoms with Crippen LogP contribution in [0.1, 0.15) is 24.8 Å². The minimum absolute atomic E-state index is 0.129. The summed E-state index contributed by atoms with van der Waals surface area (Å²) >= 11 is 0. The maximum atomic E-state index is 12.2. The summed E-state index contributed by atoms with van der Waals surface area (Å²) in [6.45, 7) is 0. The van der Waals surface area contributed by atoms with Crippen molar-refractivity contribution in [1.82, 2.24) is 4.98 Å². The number of carbonyl (C=O) groups is 1. The second-order valence-electron chi connectivity index (χ2n) is 6.05. The van der Waals surface area contributed by atoms with Gasteiger partial charge in [0, 0.05) is 12.1 Å². The maximum absolute atomic E-state index is 12.2. The minimum atomic E-state index is 0.129. The highest BCUT2D eigenvalue weighted by Crippen LogP contribution is 2.69. The molecular formula is C15H15N3O. The molecule has 2 bridgehead atoms. The van der Waals surface area contributed by atoms with Gasteiger partial charge in [0.15, 0.2) is 0 Å². The average Bonchev–Trinajstić information content (AvgIpc) is 2.89. The molecule has 3 fully saturated rings. The SMILES string of the molecule is N#Cc1ccc(NC(=O)C2C3C4CCC(C4)C23)nc1. The molecule has 4 atom stereocenters. The molecule has 19 heavy (non-hydrogen) atoms. The highest BCUT2D eigenvalue weighted by molar-refractivity contribution is 5.94. The molecule has 0 aliphatic heterocycles. The van der Waals surface area contributed by atoms with E-state index in [0.717, 1.165) is 11.8 Å². The number of nitriles is 1. The van der Waals surface area contributed by atoms with Crippen LogP contribution in [-0.2, 0) is 4.79 Å². The number of amides is 1. The van der Waals surface area contributed by atoms with E-state index in [1.165, 1.54) is 25.5 Å². The molecule has 0 radical (unpaired) electrons.